The molecule has 8 heteroatoms. The number of carbonyl (C=O) groups is 2. The van der Waals surface area contributed by atoms with Gasteiger partial charge in [0.15, 0.2) is 0 Å². The fourth-order valence-corrected chi connectivity index (χ4v) is 2.81. The molecule has 0 heterocycles. The van der Waals surface area contributed by atoms with Crippen molar-refractivity contribution in [1.82, 2.24) is 5.32 Å². The molecule has 2 aromatic carbocycles. The zero-order valence-electron chi connectivity index (χ0n) is 15.0. The molecular formula is C19H19BrF2N2O3. The Hall–Kier alpha value is -2.48. The molecule has 27 heavy (non-hydrogen) atoms. The first-order valence-electron chi connectivity index (χ1n) is 8.14. The van der Waals surface area contributed by atoms with Crippen LogP contribution in [0.4, 0.5) is 14.5 Å². The van der Waals surface area contributed by atoms with Gasteiger partial charge in [0.25, 0.3) is 5.91 Å². The molecule has 0 aliphatic rings. The van der Waals surface area contributed by atoms with Crippen LogP contribution in [0, 0.1) is 17.6 Å². The molecular weight excluding hydrogens is 422 g/mol. The average Bonchev–Trinajstić information content (AvgIpc) is 2.59. The number of methoxy groups -OCH3 is 1. The Morgan fingerprint density at radius 2 is 1.74 bits per heavy atom. The van der Waals surface area contributed by atoms with Crippen LogP contribution >= 0.6 is 15.9 Å². The zero-order chi connectivity index (χ0) is 20.1. The van der Waals surface area contributed by atoms with Gasteiger partial charge in [-0.3, -0.25) is 9.59 Å². The Labute approximate surface area is 164 Å². The second-order valence-corrected chi connectivity index (χ2v) is 7.04. The van der Waals surface area contributed by atoms with Gasteiger partial charge in [-0.25, -0.2) is 8.78 Å². The number of carbonyl (C=O) groups excluding carboxylic acids is 2. The van der Waals surface area contributed by atoms with Gasteiger partial charge in [-0.2, -0.15) is 0 Å². The molecule has 0 radical (unpaired) electrons. The topological polar surface area (TPSA) is 67.4 Å². The highest BCUT2D eigenvalue weighted by atomic mass is 79.9. The maximum Gasteiger partial charge on any atom is 0.257 e. The standard InChI is InChI=1S/C19H19BrF2N2O3/c1-10(2)17(24-18(25)16-12(21)5-4-6-13(16)22)19(26)23-14-9-11(20)7-8-15(14)27-3/h4-10,17H,1-3H3,(H,23,26)(H,24,25). The largest absolute Gasteiger partial charge is 0.495 e. The fraction of sp³-hybridized carbons (Fsp3) is 0.263. The summed E-state index contributed by atoms with van der Waals surface area (Å²) in [6.07, 6.45) is 0. The van der Waals surface area contributed by atoms with Crippen LogP contribution in [0.25, 0.3) is 0 Å². The minimum Gasteiger partial charge on any atom is -0.495 e. The molecule has 0 fully saturated rings. The lowest BCUT2D eigenvalue weighted by Crippen LogP contribution is -2.47. The zero-order valence-corrected chi connectivity index (χ0v) is 16.6. The van der Waals surface area contributed by atoms with Gasteiger partial charge in [-0.1, -0.05) is 35.8 Å². The molecule has 5 nitrogen and oxygen atoms in total. The Bertz CT molecular complexity index is 839. The SMILES string of the molecule is COc1ccc(Br)cc1NC(=O)C(NC(=O)c1c(F)cccc1F)C(C)C. The van der Waals surface area contributed by atoms with Crippen LogP contribution in [-0.2, 0) is 4.79 Å². The Morgan fingerprint density at radius 1 is 1.11 bits per heavy atom. The molecule has 144 valence electrons. The van der Waals surface area contributed by atoms with Gasteiger partial charge in [0.05, 0.1) is 12.8 Å². The Morgan fingerprint density at radius 3 is 2.30 bits per heavy atom. The Balaban J connectivity index is 2.23. The lowest BCUT2D eigenvalue weighted by Gasteiger charge is -2.22. The second kappa shape index (κ2) is 8.94. The average molecular weight is 441 g/mol. The van der Waals surface area contributed by atoms with Crippen LogP contribution in [0.3, 0.4) is 0 Å². The van der Waals surface area contributed by atoms with Crippen molar-refractivity contribution < 1.29 is 23.1 Å². The van der Waals surface area contributed by atoms with Crippen LogP contribution in [0.15, 0.2) is 40.9 Å². The first kappa shape index (κ1) is 20.8. The monoisotopic (exact) mass is 440 g/mol. The second-order valence-electron chi connectivity index (χ2n) is 6.13. The smallest absolute Gasteiger partial charge is 0.257 e. The van der Waals surface area contributed by atoms with Gasteiger partial charge in [0, 0.05) is 4.47 Å². The van der Waals surface area contributed by atoms with Crippen LogP contribution in [-0.4, -0.2) is 25.0 Å². The molecule has 2 rings (SSSR count). The molecule has 0 bridgehead atoms. The summed E-state index contributed by atoms with van der Waals surface area (Å²) in [4.78, 5) is 25.0. The number of anilines is 1. The van der Waals surface area contributed by atoms with Crippen LogP contribution in [0.5, 0.6) is 5.75 Å². The van der Waals surface area contributed by atoms with Gasteiger partial charge < -0.3 is 15.4 Å². The molecule has 0 spiro atoms. The van der Waals surface area contributed by atoms with Crippen molar-refractivity contribution in [3.63, 3.8) is 0 Å². The van der Waals surface area contributed by atoms with E-state index in [4.69, 9.17) is 4.74 Å². The van der Waals surface area contributed by atoms with E-state index in [1.807, 2.05) is 0 Å². The van der Waals surface area contributed by atoms with Crippen molar-refractivity contribution >= 4 is 33.4 Å². The summed E-state index contributed by atoms with van der Waals surface area (Å²) in [5.41, 5.74) is -0.329. The molecule has 0 aliphatic carbocycles. The lowest BCUT2D eigenvalue weighted by molar-refractivity contribution is -0.118. The third kappa shape index (κ3) is 5.03. The summed E-state index contributed by atoms with van der Waals surface area (Å²) in [6.45, 7) is 3.42. The highest BCUT2D eigenvalue weighted by molar-refractivity contribution is 9.10. The molecule has 1 unspecified atom stereocenters. The predicted molar refractivity (Wildman–Crippen MR) is 102 cm³/mol. The highest BCUT2D eigenvalue weighted by Gasteiger charge is 2.28. The number of hydrogen-bond donors (Lipinski definition) is 2. The summed E-state index contributed by atoms with van der Waals surface area (Å²) in [5, 5.41) is 5.08. The van der Waals surface area contributed by atoms with E-state index in [0.29, 0.717) is 11.4 Å². The number of nitrogens with one attached hydrogen (secondary N) is 2. The van der Waals surface area contributed by atoms with E-state index in [9.17, 15) is 18.4 Å². The summed E-state index contributed by atoms with van der Waals surface area (Å²) < 4.78 is 33.6. The number of ether oxygens (including phenoxy) is 1. The first-order valence-corrected chi connectivity index (χ1v) is 8.93. The summed E-state index contributed by atoms with van der Waals surface area (Å²) in [5.74, 6) is -3.43. The van der Waals surface area contributed by atoms with Crippen molar-refractivity contribution in [2.45, 2.75) is 19.9 Å². The van der Waals surface area contributed by atoms with E-state index in [1.54, 1.807) is 32.0 Å². The van der Waals surface area contributed by atoms with Crippen molar-refractivity contribution in [2.24, 2.45) is 5.92 Å². The number of rotatable bonds is 6. The third-order valence-corrected chi connectivity index (χ3v) is 4.34. The number of halogens is 3. The molecule has 2 aromatic rings. The van der Waals surface area contributed by atoms with Crippen molar-refractivity contribution in [3.05, 3.63) is 58.1 Å². The highest BCUT2D eigenvalue weighted by Crippen LogP contribution is 2.28. The van der Waals surface area contributed by atoms with Gasteiger partial charge in [0.2, 0.25) is 5.91 Å². The quantitative estimate of drug-likeness (QED) is 0.709. The van der Waals surface area contributed by atoms with Gasteiger partial charge in [0.1, 0.15) is 29.0 Å². The molecule has 0 aromatic heterocycles. The van der Waals surface area contributed by atoms with Crippen LogP contribution in [0.1, 0.15) is 24.2 Å². The van der Waals surface area contributed by atoms with E-state index < -0.39 is 35.1 Å². The van der Waals surface area contributed by atoms with Crippen LogP contribution < -0.4 is 15.4 Å². The number of benzene rings is 2. The van der Waals surface area contributed by atoms with Crippen LogP contribution in [0.2, 0.25) is 0 Å². The Kier molecular flexibility index (Phi) is 6.90. The molecule has 2 amide bonds. The van der Waals surface area contributed by atoms with E-state index in [-0.39, 0.29) is 5.92 Å². The summed E-state index contributed by atoms with van der Waals surface area (Å²) in [6, 6.07) is 7.17. The molecule has 2 N–H and O–H groups in total. The molecule has 0 aliphatic heterocycles. The molecule has 0 saturated carbocycles. The molecule has 0 saturated heterocycles. The van der Waals surface area contributed by atoms with Gasteiger partial charge in [-0.05, 0) is 36.2 Å². The van der Waals surface area contributed by atoms with Gasteiger partial charge >= 0.3 is 0 Å². The summed E-state index contributed by atoms with van der Waals surface area (Å²) >= 11 is 3.31. The lowest BCUT2D eigenvalue weighted by atomic mass is 10.0. The minimum atomic E-state index is -1.01. The first-order chi connectivity index (χ1) is 12.7. The normalized spacial score (nSPS) is 11.8. The number of amides is 2. The maximum atomic E-state index is 13.8. The van der Waals surface area contributed by atoms with E-state index in [1.165, 1.54) is 7.11 Å². The van der Waals surface area contributed by atoms with Crippen molar-refractivity contribution in [2.75, 3.05) is 12.4 Å². The molecule has 1 atom stereocenters. The summed E-state index contributed by atoms with van der Waals surface area (Å²) in [7, 11) is 1.46. The fourth-order valence-electron chi connectivity index (χ4n) is 2.45. The van der Waals surface area contributed by atoms with Crippen molar-refractivity contribution in [3.8, 4) is 5.75 Å². The van der Waals surface area contributed by atoms with E-state index >= 15 is 0 Å². The van der Waals surface area contributed by atoms with Gasteiger partial charge in [-0.15, -0.1) is 0 Å². The predicted octanol–water partition coefficient (Wildman–Crippen LogP) is 4.13. The third-order valence-electron chi connectivity index (χ3n) is 3.84. The maximum absolute atomic E-state index is 13.8. The van der Waals surface area contributed by atoms with E-state index in [0.717, 1.165) is 22.7 Å². The number of hydrogen-bond acceptors (Lipinski definition) is 3. The van der Waals surface area contributed by atoms with E-state index in [2.05, 4.69) is 26.6 Å². The minimum absolute atomic E-state index is 0.332. The van der Waals surface area contributed by atoms with Crippen molar-refractivity contribution in [1.29, 1.82) is 0 Å².